The average molecular weight is 394 g/mol. The minimum Gasteiger partial charge on any atom is -0.382 e. The van der Waals surface area contributed by atoms with Gasteiger partial charge in [-0.3, -0.25) is 0 Å². The lowest BCUT2D eigenvalue weighted by molar-refractivity contribution is 0.0299. The topological polar surface area (TPSA) is 108 Å². The van der Waals surface area contributed by atoms with Crippen molar-refractivity contribution in [3.8, 4) is 11.4 Å². The SMILES string of the molecule is CCCC(C)n1cnc2c(-c3cnc(N)cn3)nc(N3CC4CCC(C3)O4)nc21. The van der Waals surface area contributed by atoms with Gasteiger partial charge >= 0.3 is 0 Å². The van der Waals surface area contributed by atoms with Crippen LogP contribution < -0.4 is 10.6 Å². The second kappa shape index (κ2) is 7.22. The zero-order valence-corrected chi connectivity index (χ0v) is 16.8. The largest absolute Gasteiger partial charge is 0.382 e. The Balaban J connectivity index is 1.64. The molecule has 2 N–H and O–H groups in total. The van der Waals surface area contributed by atoms with Crippen molar-refractivity contribution in [3.63, 3.8) is 0 Å². The van der Waals surface area contributed by atoms with Crippen LogP contribution in [0, 0.1) is 0 Å². The van der Waals surface area contributed by atoms with E-state index in [1.165, 1.54) is 0 Å². The van der Waals surface area contributed by atoms with Crippen molar-refractivity contribution in [1.29, 1.82) is 0 Å². The average Bonchev–Trinajstić information content (AvgIpc) is 3.30. The maximum absolute atomic E-state index is 5.99. The molecule has 5 rings (SSSR count). The highest BCUT2D eigenvalue weighted by Gasteiger charge is 2.35. The molecule has 3 aromatic rings. The molecule has 0 saturated carbocycles. The molecule has 2 saturated heterocycles. The Bertz CT molecular complexity index is 1010. The summed E-state index contributed by atoms with van der Waals surface area (Å²) in [4.78, 5) is 25.4. The van der Waals surface area contributed by atoms with E-state index in [1.54, 1.807) is 12.4 Å². The third kappa shape index (κ3) is 3.29. The molecule has 0 amide bonds. The predicted octanol–water partition coefficient (Wildman–Crippen LogP) is 2.59. The predicted molar refractivity (Wildman–Crippen MR) is 110 cm³/mol. The van der Waals surface area contributed by atoms with Gasteiger partial charge in [-0.2, -0.15) is 4.98 Å². The van der Waals surface area contributed by atoms with Crippen molar-refractivity contribution in [1.82, 2.24) is 29.5 Å². The number of imidazole rings is 1. The first kappa shape index (κ1) is 18.2. The number of nitrogens with zero attached hydrogens (tertiary/aromatic N) is 7. The Kier molecular flexibility index (Phi) is 4.54. The molecular formula is C20H26N8O. The zero-order chi connectivity index (χ0) is 20.0. The Morgan fingerprint density at radius 1 is 1.14 bits per heavy atom. The number of nitrogens with two attached hydrogens (primary N) is 1. The van der Waals surface area contributed by atoms with Crippen LogP contribution in [0.3, 0.4) is 0 Å². The van der Waals surface area contributed by atoms with E-state index in [0.29, 0.717) is 29.2 Å². The van der Waals surface area contributed by atoms with E-state index in [0.717, 1.165) is 49.9 Å². The molecule has 2 aliphatic heterocycles. The molecule has 0 spiro atoms. The van der Waals surface area contributed by atoms with Crippen LogP contribution in [-0.4, -0.2) is 54.8 Å². The Morgan fingerprint density at radius 2 is 1.93 bits per heavy atom. The summed E-state index contributed by atoms with van der Waals surface area (Å²) >= 11 is 0. The summed E-state index contributed by atoms with van der Waals surface area (Å²) in [7, 11) is 0. The van der Waals surface area contributed by atoms with Crippen LogP contribution in [0.4, 0.5) is 11.8 Å². The maximum atomic E-state index is 5.99. The molecule has 3 atom stereocenters. The first-order valence-corrected chi connectivity index (χ1v) is 10.3. The lowest BCUT2D eigenvalue weighted by Crippen LogP contribution is -2.43. The summed E-state index contributed by atoms with van der Waals surface area (Å²) in [6.07, 6.45) is 9.95. The minimum absolute atomic E-state index is 0.261. The van der Waals surface area contributed by atoms with Gasteiger partial charge in [-0.05, 0) is 26.2 Å². The van der Waals surface area contributed by atoms with Crippen LogP contribution in [0.5, 0.6) is 0 Å². The second-order valence-corrected chi connectivity index (χ2v) is 8.02. The first-order valence-electron chi connectivity index (χ1n) is 10.3. The van der Waals surface area contributed by atoms with Crippen LogP contribution in [0.1, 0.15) is 45.6 Å². The minimum atomic E-state index is 0.261. The van der Waals surface area contributed by atoms with Crippen LogP contribution in [-0.2, 0) is 4.74 Å². The Morgan fingerprint density at radius 3 is 2.62 bits per heavy atom. The highest BCUT2D eigenvalue weighted by Crippen LogP contribution is 2.32. The highest BCUT2D eigenvalue weighted by molar-refractivity contribution is 5.87. The zero-order valence-electron chi connectivity index (χ0n) is 16.8. The van der Waals surface area contributed by atoms with Gasteiger partial charge in [0.2, 0.25) is 5.95 Å². The molecule has 3 aromatic heterocycles. The van der Waals surface area contributed by atoms with Crippen molar-refractivity contribution in [2.75, 3.05) is 23.7 Å². The number of fused-ring (bicyclic) bond motifs is 3. The van der Waals surface area contributed by atoms with Gasteiger partial charge in [0.25, 0.3) is 0 Å². The summed E-state index contributed by atoms with van der Waals surface area (Å²) in [5.74, 6) is 1.09. The molecule has 0 aliphatic carbocycles. The molecule has 0 aromatic carbocycles. The maximum Gasteiger partial charge on any atom is 0.228 e. The molecule has 5 heterocycles. The summed E-state index contributed by atoms with van der Waals surface area (Å²) < 4.78 is 8.14. The van der Waals surface area contributed by atoms with Gasteiger partial charge in [0.1, 0.15) is 22.7 Å². The number of ether oxygens (including phenoxy) is 1. The fraction of sp³-hybridized carbons (Fsp3) is 0.550. The van der Waals surface area contributed by atoms with Gasteiger partial charge in [0, 0.05) is 19.1 Å². The number of anilines is 2. The van der Waals surface area contributed by atoms with Crippen LogP contribution in [0.15, 0.2) is 18.7 Å². The normalized spacial score (nSPS) is 22.3. The van der Waals surface area contributed by atoms with E-state index in [4.69, 9.17) is 20.4 Å². The van der Waals surface area contributed by atoms with E-state index in [2.05, 4.69) is 38.3 Å². The van der Waals surface area contributed by atoms with Gasteiger partial charge in [0.15, 0.2) is 5.65 Å². The number of aromatic nitrogens is 6. The summed E-state index contributed by atoms with van der Waals surface area (Å²) in [5, 5.41) is 0. The molecule has 2 aliphatic rings. The van der Waals surface area contributed by atoms with E-state index in [1.807, 2.05) is 6.33 Å². The van der Waals surface area contributed by atoms with E-state index in [9.17, 15) is 0 Å². The van der Waals surface area contributed by atoms with Crippen molar-refractivity contribution in [2.24, 2.45) is 0 Å². The Labute approximate surface area is 169 Å². The molecule has 2 bridgehead atoms. The van der Waals surface area contributed by atoms with Gasteiger partial charge < -0.3 is 19.9 Å². The van der Waals surface area contributed by atoms with E-state index in [-0.39, 0.29) is 12.2 Å². The van der Waals surface area contributed by atoms with Crippen LogP contribution in [0.2, 0.25) is 0 Å². The smallest absolute Gasteiger partial charge is 0.228 e. The Hall–Kier alpha value is -2.81. The number of rotatable bonds is 5. The molecule has 3 unspecified atom stereocenters. The van der Waals surface area contributed by atoms with Crippen LogP contribution in [0.25, 0.3) is 22.6 Å². The van der Waals surface area contributed by atoms with Crippen molar-refractivity contribution < 1.29 is 4.74 Å². The number of morpholine rings is 1. The number of hydrogen-bond acceptors (Lipinski definition) is 8. The fourth-order valence-corrected chi connectivity index (χ4v) is 4.34. The molecule has 0 radical (unpaired) electrons. The number of nitrogen functional groups attached to an aromatic ring is 1. The third-order valence-electron chi connectivity index (χ3n) is 5.83. The lowest BCUT2D eigenvalue weighted by atomic mass is 10.2. The molecule has 9 heteroatoms. The fourth-order valence-electron chi connectivity index (χ4n) is 4.34. The summed E-state index contributed by atoms with van der Waals surface area (Å²) in [5.41, 5.74) is 8.65. The number of hydrogen-bond donors (Lipinski definition) is 1. The molecule has 9 nitrogen and oxygen atoms in total. The van der Waals surface area contributed by atoms with Crippen LogP contribution >= 0.6 is 0 Å². The first-order chi connectivity index (χ1) is 14.1. The van der Waals surface area contributed by atoms with Gasteiger partial charge in [-0.1, -0.05) is 13.3 Å². The van der Waals surface area contributed by atoms with Crippen molar-refractivity contribution in [3.05, 3.63) is 18.7 Å². The second-order valence-electron chi connectivity index (χ2n) is 8.02. The van der Waals surface area contributed by atoms with Gasteiger partial charge in [0.05, 0.1) is 30.9 Å². The molecular weight excluding hydrogens is 368 g/mol. The van der Waals surface area contributed by atoms with Crippen molar-refractivity contribution in [2.45, 2.75) is 57.8 Å². The molecule has 2 fully saturated rings. The highest BCUT2D eigenvalue weighted by atomic mass is 16.5. The monoisotopic (exact) mass is 394 g/mol. The molecule has 29 heavy (non-hydrogen) atoms. The van der Waals surface area contributed by atoms with Gasteiger partial charge in [-0.25, -0.2) is 19.9 Å². The van der Waals surface area contributed by atoms with Gasteiger partial charge in [-0.15, -0.1) is 0 Å². The van der Waals surface area contributed by atoms with Crippen molar-refractivity contribution >= 4 is 22.9 Å². The quantitative estimate of drug-likeness (QED) is 0.703. The summed E-state index contributed by atoms with van der Waals surface area (Å²) in [6.45, 7) is 6.01. The molecule has 152 valence electrons. The van der Waals surface area contributed by atoms with E-state index >= 15 is 0 Å². The standard InChI is InChI=1S/C20H26N8O/c1-3-4-12(2)28-11-24-18-17(15-7-23-16(21)8-22-15)25-20(26-19(18)28)27-9-13-5-6-14(10-27)29-13/h7-8,11-14H,3-6,9-10H2,1-2H3,(H2,21,23). The van der Waals surface area contributed by atoms with E-state index < -0.39 is 0 Å². The lowest BCUT2D eigenvalue weighted by Gasteiger charge is -2.32. The summed E-state index contributed by atoms with van der Waals surface area (Å²) in [6, 6.07) is 0.305. The third-order valence-corrected chi connectivity index (χ3v) is 5.83.